The number of hydrogen-bond acceptors (Lipinski definition) is 15. The molecule has 1 rings (SSSR count). The maximum absolute atomic E-state index is 13.0. The molecule has 388 valence electrons. The van der Waals surface area contributed by atoms with Crippen LogP contribution in [0.3, 0.4) is 0 Å². The number of phosphoric acid groups is 2. The molecule has 0 spiro atoms. The number of carbonyl (C=O) groups excluding carboxylic acids is 2. The molecule has 0 aromatic rings. The average Bonchev–Trinajstić information content (AvgIpc) is 3.27. The fraction of sp³-hybridized carbons (Fsp3) is 0.745. The number of esters is 2. The van der Waals surface area contributed by atoms with Crippen molar-refractivity contribution < 1.29 is 87.1 Å². The van der Waals surface area contributed by atoms with Gasteiger partial charge in [0, 0.05) is 12.8 Å². The summed E-state index contributed by atoms with van der Waals surface area (Å²) in [6.45, 7) is 2.76. The van der Waals surface area contributed by atoms with Gasteiger partial charge in [-0.1, -0.05) is 145 Å². The number of allylic oxidation sites excluding steroid dienone is 7. The lowest BCUT2D eigenvalue weighted by Gasteiger charge is -2.43. The van der Waals surface area contributed by atoms with Gasteiger partial charge in [0.25, 0.3) is 0 Å². The number of aliphatic hydroxyl groups excluding tert-OH is 6. The van der Waals surface area contributed by atoms with Crippen LogP contribution in [-0.4, -0.2) is 125 Å². The van der Waals surface area contributed by atoms with Gasteiger partial charge >= 0.3 is 27.6 Å². The third-order valence-corrected chi connectivity index (χ3v) is 12.3. The van der Waals surface area contributed by atoms with E-state index in [-0.39, 0.29) is 25.7 Å². The highest BCUT2D eigenvalue weighted by atomic mass is 31.2. The molecule has 0 heterocycles. The van der Waals surface area contributed by atoms with Crippen molar-refractivity contribution in [2.75, 3.05) is 13.2 Å². The minimum absolute atomic E-state index is 0.0652. The highest BCUT2D eigenvalue weighted by molar-refractivity contribution is 7.47. The Balaban J connectivity index is 2.71. The SMILES string of the molecule is CC/C=C\CCCCCCCCCCCCCC(=O)OC[C@H](COP(=O)(O)O[C@H]1C(O)C(O)C(O)[C@@H](OP(=O)(O)O)C1O)OC(=O)CCC[C@@H](O)\C=C/C=C/C=C/[C@@H](O)C/C=C\CCCCC. The van der Waals surface area contributed by atoms with E-state index in [1.165, 1.54) is 51.0 Å². The number of carbonyl (C=O) groups is 2. The highest BCUT2D eigenvalue weighted by Crippen LogP contribution is 2.49. The number of rotatable bonds is 39. The summed E-state index contributed by atoms with van der Waals surface area (Å²) in [5.41, 5.74) is 0. The van der Waals surface area contributed by atoms with Gasteiger partial charge in [-0.3, -0.25) is 23.2 Å². The molecule has 1 fully saturated rings. The van der Waals surface area contributed by atoms with Crippen LogP contribution in [0.25, 0.3) is 0 Å². The first-order valence-corrected chi connectivity index (χ1v) is 27.1. The smallest absolute Gasteiger partial charge is 0.462 e. The Morgan fingerprint density at radius 2 is 1.09 bits per heavy atom. The van der Waals surface area contributed by atoms with Gasteiger partial charge in [-0.05, 0) is 57.8 Å². The van der Waals surface area contributed by atoms with Crippen molar-refractivity contribution in [1.29, 1.82) is 0 Å². The summed E-state index contributed by atoms with van der Waals surface area (Å²) in [6, 6.07) is 0. The van der Waals surface area contributed by atoms with Gasteiger partial charge in [0.15, 0.2) is 6.10 Å². The van der Waals surface area contributed by atoms with Crippen molar-refractivity contribution in [2.45, 2.75) is 210 Å². The van der Waals surface area contributed by atoms with E-state index in [9.17, 15) is 64.0 Å². The Labute approximate surface area is 397 Å². The summed E-state index contributed by atoms with van der Waals surface area (Å²) < 4.78 is 49.2. The molecule has 0 aliphatic heterocycles. The number of ether oxygens (including phenoxy) is 2. The first kappa shape index (κ1) is 62.6. The van der Waals surface area contributed by atoms with E-state index in [2.05, 4.69) is 36.6 Å². The zero-order valence-corrected chi connectivity index (χ0v) is 41.3. The first-order chi connectivity index (χ1) is 31.9. The van der Waals surface area contributed by atoms with E-state index in [1.807, 2.05) is 6.08 Å². The van der Waals surface area contributed by atoms with Crippen LogP contribution in [0.4, 0.5) is 0 Å². The van der Waals surface area contributed by atoms with Crippen LogP contribution in [0.1, 0.15) is 155 Å². The molecule has 0 aromatic carbocycles. The van der Waals surface area contributed by atoms with Gasteiger partial charge in [0.1, 0.15) is 43.2 Å². The second-order valence-electron chi connectivity index (χ2n) is 16.8. The van der Waals surface area contributed by atoms with Gasteiger partial charge in [0.05, 0.1) is 18.8 Å². The zero-order valence-electron chi connectivity index (χ0n) is 39.5. The van der Waals surface area contributed by atoms with Gasteiger partial charge in [-0.25, -0.2) is 9.13 Å². The van der Waals surface area contributed by atoms with Crippen molar-refractivity contribution in [1.82, 2.24) is 0 Å². The van der Waals surface area contributed by atoms with Crippen LogP contribution in [0.2, 0.25) is 0 Å². The predicted molar refractivity (Wildman–Crippen MR) is 253 cm³/mol. The standard InChI is InChI=1S/C47H82O18P2/c1-3-5-7-9-11-12-13-14-15-16-17-18-19-21-27-33-40(50)61-35-39(36-62-67(59,60)65-47-44(54)42(52)43(53)46(45(47)55)64-66(56,57)58)63-41(51)34-28-32-38(49)31-26-23-22-25-30-37(48)29-24-20-10-8-6-4-2/h5,7,20,22-26,30-31,37-39,42-49,52-55H,3-4,6,8-19,21,27-29,32-36H2,1-2H3,(H,59,60)(H2,56,57,58)/b7-5-,23-22+,24-20-,30-25+,31-26-/t37-,38-,39+,42?,43?,44?,45?,46+,47-/m0/s1. The molecule has 9 N–H and O–H groups in total. The van der Waals surface area contributed by atoms with Crippen LogP contribution in [0.15, 0.2) is 60.8 Å². The fourth-order valence-electron chi connectivity index (χ4n) is 6.99. The molecule has 10 atom stereocenters. The third-order valence-electron chi connectivity index (χ3n) is 10.8. The van der Waals surface area contributed by atoms with E-state index >= 15 is 0 Å². The zero-order chi connectivity index (χ0) is 49.9. The molecule has 1 aliphatic carbocycles. The van der Waals surface area contributed by atoms with Gasteiger partial charge in [-0.2, -0.15) is 0 Å². The van der Waals surface area contributed by atoms with Crippen LogP contribution in [0, 0.1) is 0 Å². The molecular formula is C47H82O18P2. The van der Waals surface area contributed by atoms with Crippen LogP contribution >= 0.6 is 15.6 Å². The number of unbranched alkanes of at least 4 members (excludes halogenated alkanes) is 14. The Hall–Kier alpha value is -2.38. The monoisotopic (exact) mass is 996 g/mol. The highest BCUT2D eigenvalue weighted by Gasteiger charge is 2.54. The lowest BCUT2D eigenvalue weighted by Crippen LogP contribution is -2.64. The Morgan fingerprint density at radius 1 is 0.567 bits per heavy atom. The van der Waals surface area contributed by atoms with E-state index in [0.29, 0.717) is 12.8 Å². The van der Waals surface area contributed by atoms with Crippen LogP contribution < -0.4 is 0 Å². The second kappa shape index (κ2) is 37.4. The molecule has 1 saturated carbocycles. The number of hydrogen-bond donors (Lipinski definition) is 9. The van der Waals surface area contributed by atoms with Crippen molar-refractivity contribution in [3.8, 4) is 0 Å². The summed E-state index contributed by atoms with van der Waals surface area (Å²) in [6.07, 6.45) is 20.8. The molecule has 20 heteroatoms. The topological polar surface area (TPSA) is 296 Å². The fourth-order valence-corrected chi connectivity index (χ4v) is 8.53. The van der Waals surface area contributed by atoms with E-state index < -0.39 is 95.7 Å². The van der Waals surface area contributed by atoms with Gasteiger partial charge in [-0.15, -0.1) is 0 Å². The molecule has 0 radical (unpaired) electrons. The molecule has 0 aromatic heterocycles. The summed E-state index contributed by atoms with van der Waals surface area (Å²) in [5.74, 6) is -1.45. The van der Waals surface area contributed by atoms with Gasteiger partial charge < -0.3 is 54.8 Å². The summed E-state index contributed by atoms with van der Waals surface area (Å²) in [7, 11) is -10.8. The quantitative estimate of drug-likeness (QED) is 0.00984. The molecular weight excluding hydrogens is 914 g/mol. The summed E-state index contributed by atoms with van der Waals surface area (Å²) in [5, 5.41) is 61.7. The largest absolute Gasteiger partial charge is 0.472 e. The number of aliphatic hydroxyl groups is 6. The van der Waals surface area contributed by atoms with Crippen LogP contribution in [-0.2, 0) is 41.8 Å². The molecule has 0 amide bonds. The molecule has 0 bridgehead atoms. The summed E-state index contributed by atoms with van der Waals surface area (Å²) in [4.78, 5) is 54.3. The minimum Gasteiger partial charge on any atom is -0.462 e. The van der Waals surface area contributed by atoms with Crippen LogP contribution in [0.5, 0.6) is 0 Å². The van der Waals surface area contributed by atoms with Crippen molar-refractivity contribution in [2.24, 2.45) is 0 Å². The Kier molecular flexibility index (Phi) is 35.0. The molecule has 18 nitrogen and oxygen atoms in total. The molecule has 0 saturated heterocycles. The van der Waals surface area contributed by atoms with E-state index in [4.69, 9.17) is 18.5 Å². The first-order valence-electron chi connectivity index (χ1n) is 24.1. The summed E-state index contributed by atoms with van der Waals surface area (Å²) >= 11 is 0. The Morgan fingerprint density at radius 3 is 1.67 bits per heavy atom. The molecule has 5 unspecified atom stereocenters. The lowest BCUT2D eigenvalue weighted by atomic mass is 9.85. The normalized spacial score (nSPS) is 22.9. The lowest BCUT2D eigenvalue weighted by molar-refractivity contribution is -0.216. The van der Waals surface area contributed by atoms with Crippen molar-refractivity contribution in [3.05, 3.63) is 60.8 Å². The Bertz CT molecular complexity index is 1560. The second-order valence-corrected chi connectivity index (χ2v) is 19.4. The maximum Gasteiger partial charge on any atom is 0.472 e. The van der Waals surface area contributed by atoms with E-state index in [0.717, 1.165) is 57.8 Å². The molecule has 1 aliphatic rings. The average molecular weight is 997 g/mol. The minimum atomic E-state index is -5.40. The van der Waals surface area contributed by atoms with Crippen molar-refractivity contribution >= 4 is 27.6 Å². The predicted octanol–water partition coefficient (Wildman–Crippen LogP) is 7.00. The maximum atomic E-state index is 13.0. The van der Waals surface area contributed by atoms with E-state index in [1.54, 1.807) is 30.4 Å². The van der Waals surface area contributed by atoms with Crippen molar-refractivity contribution in [3.63, 3.8) is 0 Å². The number of phosphoric ester groups is 2. The van der Waals surface area contributed by atoms with Gasteiger partial charge in [0.2, 0.25) is 0 Å². The third kappa shape index (κ3) is 32.2. The molecule has 67 heavy (non-hydrogen) atoms.